The molecule has 0 unspecified atom stereocenters. The lowest BCUT2D eigenvalue weighted by atomic mass is 9.91. The van der Waals surface area contributed by atoms with E-state index in [1.807, 2.05) is 6.92 Å². The minimum Gasteiger partial charge on any atom is -0.492 e. The van der Waals surface area contributed by atoms with Gasteiger partial charge in [-0.15, -0.1) is 0 Å². The van der Waals surface area contributed by atoms with Crippen molar-refractivity contribution in [2.45, 2.75) is 12.6 Å². The molecule has 0 saturated carbocycles. The number of nitrogens with one attached hydrogen (secondary N) is 1. The summed E-state index contributed by atoms with van der Waals surface area (Å²) < 4.78 is 19.2. The molecule has 1 saturated heterocycles. The van der Waals surface area contributed by atoms with Crippen LogP contribution in [-0.4, -0.2) is 24.7 Å². The van der Waals surface area contributed by atoms with Crippen molar-refractivity contribution in [3.05, 3.63) is 24.0 Å². The summed E-state index contributed by atoms with van der Waals surface area (Å²) in [7, 11) is 0. The van der Waals surface area contributed by atoms with Gasteiger partial charge in [0.25, 0.3) is 0 Å². The number of nitrogens with zero attached hydrogens (tertiary/aromatic N) is 1. The number of pyridine rings is 1. The summed E-state index contributed by atoms with van der Waals surface area (Å²) >= 11 is 0. The third-order valence-corrected chi connectivity index (χ3v) is 2.35. The highest BCUT2D eigenvalue weighted by molar-refractivity contribution is 5.30. The van der Waals surface area contributed by atoms with Crippen LogP contribution in [0.4, 0.5) is 4.39 Å². The molecule has 1 aliphatic rings. The van der Waals surface area contributed by atoms with Crippen molar-refractivity contribution in [1.82, 2.24) is 10.3 Å². The number of halogens is 1. The normalized spacial score (nSPS) is 18.7. The summed E-state index contributed by atoms with van der Waals surface area (Å²) in [6.45, 7) is 3.19. The predicted octanol–water partition coefficient (Wildman–Crippen LogP) is 1.25. The van der Waals surface area contributed by atoms with E-state index in [2.05, 4.69) is 10.3 Å². The Bertz CT molecular complexity index is 326. The number of hydrogen-bond donors (Lipinski definition) is 1. The Morgan fingerprint density at radius 3 is 2.93 bits per heavy atom. The van der Waals surface area contributed by atoms with Gasteiger partial charge in [-0.25, -0.2) is 4.39 Å². The fourth-order valence-corrected chi connectivity index (χ4v) is 1.46. The topological polar surface area (TPSA) is 34.1 Å². The highest BCUT2D eigenvalue weighted by Gasteiger charge is 2.39. The number of rotatable bonds is 3. The highest BCUT2D eigenvalue weighted by atomic mass is 19.1. The number of ether oxygens (including phenoxy) is 1. The second-order valence-corrected chi connectivity index (χ2v) is 3.41. The fourth-order valence-electron chi connectivity index (χ4n) is 1.46. The lowest BCUT2D eigenvalue weighted by molar-refractivity contribution is 0.0883. The molecule has 1 aromatic heterocycles. The second-order valence-electron chi connectivity index (χ2n) is 3.41. The van der Waals surface area contributed by atoms with Crippen molar-refractivity contribution in [2.75, 3.05) is 19.7 Å². The first kappa shape index (κ1) is 9.40. The van der Waals surface area contributed by atoms with E-state index < -0.39 is 5.67 Å². The van der Waals surface area contributed by atoms with Gasteiger partial charge in [-0.1, -0.05) is 0 Å². The Balaban J connectivity index is 2.21. The number of alkyl halides is 1. The molecule has 4 heteroatoms. The van der Waals surface area contributed by atoms with Gasteiger partial charge in [-0.05, 0) is 13.0 Å². The molecule has 2 heterocycles. The minimum atomic E-state index is -1.25. The molecule has 0 amide bonds. The van der Waals surface area contributed by atoms with Crippen LogP contribution in [-0.2, 0) is 5.67 Å². The van der Waals surface area contributed by atoms with E-state index >= 15 is 0 Å². The molecule has 0 spiro atoms. The lowest BCUT2D eigenvalue weighted by Gasteiger charge is -2.35. The zero-order valence-electron chi connectivity index (χ0n) is 8.09. The smallest absolute Gasteiger partial charge is 0.162 e. The van der Waals surface area contributed by atoms with Crippen molar-refractivity contribution in [3.8, 4) is 5.75 Å². The Labute approximate surface area is 82.3 Å². The maximum Gasteiger partial charge on any atom is 0.162 e. The molecule has 1 aliphatic heterocycles. The van der Waals surface area contributed by atoms with E-state index in [-0.39, 0.29) is 0 Å². The molecule has 2 rings (SSSR count). The Kier molecular flexibility index (Phi) is 2.37. The van der Waals surface area contributed by atoms with Gasteiger partial charge in [-0.3, -0.25) is 4.98 Å². The van der Waals surface area contributed by atoms with Crippen molar-refractivity contribution < 1.29 is 9.13 Å². The molecule has 0 bridgehead atoms. The van der Waals surface area contributed by atoms with Crippen molar-refractivity contribution in [3.63, 3.8) is 0 Å². The summed E-state index contributed by atoms with van der Waals surface area (Å²) in [6.07, 6.45) is 3.16. The summed E-state index contributed by atoms with van der Waals surface area (Å²) in [5.74, 6) is 0.633. The van der Waals surface area contributed by atoms with E-state index in [0.717, 1.165) is 0 Å². The van der Waals surface area contributed by atoms with Crippen LogP contribution in [0.5, 0.6) is 5.75 Å². The van der Waals surface area contributed by atoms with Gasteiger partial charge in [0.2, 0.25) is 0 Å². The van der Waals surface area contributed by atoms with Crippen LogP contribution < -0.4 is 10.1 Å². The molecule has 0 radical (unpaired) electrons. The summed E-state index contributed by atoms with van der Waals surface area (Å²) in [6, 6.07) is 1.72. The predicted molar refractivity (Wildman–Crippen MR) is 51.1 cm³/mol. The Morgan fingerprint density at radius 2 is 2.36 bits per heavy atom. The van der Waals surface area contributed by atoms with Crippen LogP contribution in [0.1, 0.15) is 12.5 Å². The number of aromatic nitrogens is 1. The zero-order chi connectivity index (χ0) is 10.0. The van der Waals surface area contributed by atoms with E-state index in [4.69, 9.17) is 4.74 Å². The molecule has 76 valence electrons. The molecule has 3 nitrogen and oxygen atoms in total. The zero-order valence-corrected chi connectivity index (χ0v) is 8.09. The average molecular weight is 196 g/mol. The summed E-state index contributed by atoms with van der Waals surface area (Å²) in [5, 5.41) is 2.91. The van der Waals surface area contributed by atoms with E-state index in [1.165, 1.54) is 0 Å². The monoisotopic (exact) mass is 196 g/mol. The average Bonchev–Trinajstić information content (AvgIpc) is 2.15. The van der Waals surface area contributed by atoms with Crippen molar-refractivity contribution >= 4 is 0 Å². The van der Waals surface area contributed by atoms with Gasteiger partial charge in [0.15, 0.2) is 5.67 Å². The van der Waals surface area contributed by atoms with Crippen LogP contribution in [0.3, 0.4) is 0 Å². The van der Waals surface area contributed by atoms with Crippen LogP contribution in [0.2, 0.25) is 0 Å². The molecule has 0 atom stereocenters. The molecule has 14 heavy (non-hydrogen) atoms. The van der Waals surface area contributed by atoms with Crippen LogP contribution in [0.15, 0.2) is 18.5 Å². The van der Waals surface area contributed by atoms with Gasteiger partial charge in [0.05, 0.1) is 12.8 Å². The maximum atomic E-state index is 13.9. The molecule has 0 aliphatic carbocycles. The molecule has 1 fully saturated rings. The highest BCUT2D eigenvalue weighted by Crippen LogP contribution is 2.31. The van der Waals surface area contributed by atoms with Gasteiger partial charge in [0.1, 0.15) is 5.75 Å². The molecule has 1 aromatic rings. The SMILES string of the molecule is CCOc1cncc(C2(F)CNC2)c1. The molecule has 1 N–H and O–H groups in total. The largest absolute Gasteiger partial charge is 0.492 e. The number of hydrogen-bond acceptors (Lipinski definition) is 3. The van der Waals surface area contributed by atoms with Gasteiger partial charge >= 0.3 is 0 Å². The fraction of sp³-hybridized carbons (Fsp3) is 0.500. The maximum absolute atomic E-state index is 13.9. The van der Waals surface area contributed by atoms with Crippen molar-refractivity contribution in [2.24, 2.45) is 0 Å². The second kappa shape index (κ2) is 3.53. The van der Waals surface area contributed by atoms with Crippen LogP contribution >= 0.6 is 0 Å². The lowest BCUT2D eigenvalue weighted by Crippen LogP contribution is -2.53. The Hall–Kier alpha value is -1.16. The molecular formula is C10H13FN2O. The Morgan fingerprint density at radius 1 is 1.57 bits per heavy atom. The molecule has 0 aromatic carbocycles. The quantitative estimate of drug-likeness (QED) is 0.790. The van der Waals surface area contributed by atoms with E-state index in [0.29, 0.717) is 31.0 Å². The minimum absolute atomic E-state index is 0.365. The van der Waals surface area contributed by atoms with Crippen LogP contribution in [0, 0.1) is 0 Å². The molecular weight excluding hydrogens is 183 g/mol. The van der Waals surface area contributed by atoms with Gasteiger partial charge in [-0.2, -0.15) is 0 Å². The third kappa shape index (κ3) is 1.57. The van der Waals surface area contributed by atoms with E-state index in [1.54, 1.807) is 18.5 Å². The van der Waals surface area contributed by atoms with E-state index in [9.17, 15) is 4.39 Å². The third-order valence-electron chi connectivity index (χ3n) is 2.35. The van der Waals surface area contributed by atoms with Crippen LogP contribution in [0.25, 0.3) is 0 Å². The van der Waals surface area contributed by atoms with Crippen molar-refractivity contribution in [1.29, 1.82) is 0 Å². The summed E-state index contributed by atoms with van der Waals surface area (Å²) in [5.41, 5.74) is -0.651. The van der Waals surface area contributed by atoms with Gasteiger partial charge in [0, 0.05) is 24.8 Å². The first-order valence-electron chi connectivity index (χ1n) is 4.72. The first-order chi connectivity index (χ1) is 6.74. The van der Waals surface area contributed by atoms with Gasteiger partial charge < -0.3 is 10.1 Å². The standard InChI is InChI=1S/C10H13FN2O/c1-2-14-9-3-8(4-12-5-9)10(11)6-13-7-10/h3-5,13H,2,6-7H2,1H3. The summed E-state index contributed by atoms with van der Waals surface area (Å²) in [4.78, 5) is 3.96. The first-order valence-corrected chi connectivity index (χ1v) is 4.72.